The Morgan fingerprint density at radius 3 is 2.67 bits per heavy atom. The van der Waals surface area contributed by atoms with Crippen molar-refractivity contribution in [1.82, 2.24) is 15.0 Å². The molecule has 0 bridgehead atoms. The summed E-state index contributed by atoms with van der Waals surface area (Å²) in [5.41, 5.74) is 0. The van der Waals surface area contributed by atoms with Gasteiger partial charge in [-0.05, 0) is 6.42 Å². The van der Waals surface area contributed by atoms with Crippen molar-refractivity contribution < 1.29 is 5.11 Å². The Kier molecular flexibility index (Phi) is 3.60. The van der Waals surface area contributed by atoms with Gasteiger partial charge in [0.25, 0.3) is 0 Å². The van der Waals surface area contributed by atoms with Crippen LogP contribution in [0.5, 0.6) is 0 Å². The summed E-state index contributed by atoms with van der Waals surface area (Å²) in [6.45, 7) is 2.08. The van der Waals surface area contributed by atoms with Crippen LogP contribution >= 0.6 is 0 Å². The van der Waals surface area contributed by atoms with E-state index in [4.69, 9.17) is 0 Å². The lowest BCUT2D eigenvalue weighted by Crippen LogP contribution is -2.03. The summed E-state index contributed by atoms with van der Waals surface area (Å²) in [7, 11) is 0. The van der Waals surface area contributed by atoms with E-state index in [1.807, 2.05) is 0 Å². The molecule has 0 aliphatic rings. The van der Waals surface area contributed by atoms with Gasteiger partial charge in [0.2, 0.25) is 0 Å². The van der Waals surface area contributed by atoms with E-state index in [0.29, 0.717) is 5.82 Å². The maximum absolute atomic E-state index is 9.50. The van der Waals surface area contributed by atoms with Crippen molar-refractivity contribution >= 4 is 0 Å². The fraction of sp³-hybridized carbons (Fsp3) is 0.625. The summed E-state index contributed by atoms with van der Waals surface area (Å²) in [5.74, 6) is 0.471. The predicted octanol–water partition coefficient (Wildman–Crippen LogP) is 1.10. The summed E-state index contributed by atoms with van der Waals surface area (Å²) in [6, 6.07) is 0. The number of rotatable bonds is 4. The molecule has 1 aromatic heterocycles. The van der Waals surface area contributed by atoms with Gasteiger partial charge in [-0.3, -0.25) is 0 Å². The second-order valence-electron chi connectivity index (χ2n) is 2.65. The molecule has 0 aromatic carbocycles. The molecule has 1 aromatic rings. The lowest BCUT2D eigenvalue weighted by molar-refractivity contribution is 0.154. The topological polar surface area (TPSA) is 58.9 Å². The second-order valence-corrected chi connectivity index (χ2v) is 2.65. The summed E-state index contributed by atoms with van der Waals surface area (Å²) in [6.07, 6.45) is 5.05. The first-order valence-electron chi connectivity index (χ1n) is 4.14. The molecule has 1 heterocycles. The molecule has 0 aliphatic carbocycles. The number of unbranched alkanes of at least 4 members (excludes halogenated alkanes) is 1. The number of hydrogen-bond donors (Lipinski definition) is 1. The molecule has 1 atom stereocenters. The van der Waals surface area contributed by atoms with E-state index in [-0.39, 0.29) is 0 Å². The zero-order valence-electron chi connectivity index (χ0n) is 7.14. The van der Waals surface area contributed by atoms with Crippen molar-refractivity contribution in [2.24, 2.45) is 0 Å². The van der Waals surface area contributed by atoms with Gasteiger partial charge in [-0.25, -0.2) is 15.0 Å². The Bertz CT molecular complexity index is 215. The van der Waals surface area contributed by atoms with Gasteiger partial charge < -0.3 is 5.11 Å². The van der Waals surface area contributed by atoms with Crippen LogP contribution in [0.4, 0.5) is 0 Å². The maximum Gasteiger partial charge on any atom is 0.160 e. The molecule has 1 N–H and O–H groups in total. The van der Waals surface area contributed by atoms with Crippen LogP contribution in [0.25, 0.3) is 0 Å². The molecule has 12 heavy (non-hydrogen) atoms. The van der Waals surface area contributed by atoms with Crippen LogP contribution in [0, 0.1) is 0 Å². The minimum absolute atomic E-state index is 0.471. The average molecular weight is 167 g/mol. The number of nitrogens with zero attached hydrogens (tertiary/aromatic N) is 3. The monoisotopic (exact) mass is 167 g/mol. The lowest BCUT2D eigenvalue weighted by atomic mass is 10.1. The molecular weight excluding hydrogens is 154 g/mol. The maximum atomic E-state index is 9.50. The Morgan fingerprint density at radius 2 is 2.08 bits per heavy atom. The first kappa shape index (κ1) is 9.06. The van der Waals surface area contributed by atoms with Crippen molar-refractivity contribution in [2.45, 2.75) is 32.3 Å². The first-order valence-corrected chi connectivity index (χ1v) is 4.14. The van der Waals surface area contributed by atoms with Crippen LogP contribution in [0.2, 0.25) is 0 Å². The van der Waals surface area contributed by atoms with E-state index in [2.05, 4.69) is 21.9 Å². The molecule has 1 unspecified atom stereocenters. The van der Waals surface area contributed by atoms with Crippen LogP contribution in [0.1, 0.15) is 38.1 Å². The van der Waals surface area contributed by atoms with Crippen LogP contribution in [-0.4, -0.2) is 20.1 Å². The fourth-order valence-electron chi connectivity index (χ4n) is 0.947. The summed E-state index contributed by atoms with van der Waals surface area (Å²) >= 11 is 0. The molecule has 66 valence electrons. The van der Waals surface area contributed by atoms with E-state index in [1.54, 1.807) is 0 Å². The molecule has 0 spiro atoms. The Labute approximate surface area is 71.7 Å². The smallest absolute Gasteiger partial charge is 0.160 e. The standard InChI is InChI=1S/C8H13N3O/c1-2-3-4-7(12)8-10-5-9-6-11-8/h5-7,12H,2-4H2,1H3. The molecule has 1 rings (SSSR count). The SMILES string of the molecule is CCCCC(O)c1ncncn1. The van der Waals surface area contributed by atoms with E-state index in [1.165, 1.54) is 12.7 Å². The third-order valence-corrected chi connectivity index (χ3v) is 1.64. The van der Waals surface area contributed by atoms with Crippen LogP contribution in [0.3, 0.4) is 0 Å². The fourth-order valence-corrected chi connectivity index (χ4v) is 0.947. The number of aliphatic hydroxyl groups excluding tert-OH is 1. The first-order chi connectivity index (χ1) is 5.84. The van der Waals surface area contributed by atoms with Gasteiger partial charge in [-0.15, -0.1) is 0 Å². The number of hydrogen-bond acceptors (Lipinski definition) is 4. The molecule has 0 saturated carbocycles. The zero-order chi connectivity index (χ0) is 8.81. The highest BCUT2D eigenvalue weighted by atomic mass is 16.3. The van der Waals surface area contributed by atoms with Gasteiger partial charge in [-0.1, -0.05) is 19.8 Å². The molecule has 4 heteroatoms. The van der Waals surface area contributed by atoms with Gasteiger partial charge in [-0.2, -0.15) is 0 Å². The minimum atomic E-state index is -0.534. The normalized spacial score (nSPS) is 12.8. The van der Waals surface area contributed by atoms with Gasteiger partial charge >= 0.3 is 0 Å². The molecule has 0 aliphatic heterocycles. The van der Waals surface area contributed by atoms with Crippen molar-refractivity contribution in [3.05, 3.63) is 18.5 Å². The van der Waals surface area contributed by atoms with Gasteiger partial charge in [0.1, 0.15) is 18.8 Å². The van der Waals surface area contributed by atoms with Crippen LogP contribution in [-0.2, 0) is 0 Å². The highest BCUT2D eigenvalue weighted by molar-refractivity contribution is 4.86. The van der Waals surface area contributed by atoms with Crippen LogP contribution in [0.15, 0.2) is 12.7 Å². The molecule has 0 amide bonds. The van der Waals surface area contributed by atoms with E-state index in [0.717, 1.165) is 19.3 Å². The summed E-state index contributed by atoms with van der Waals surface area (Å²) in [5, 5.41) is 9.50. The third-order valence-electron chi connectivity index (χ3n) is 1.64. The summed E-state index contributed by atoms with van der Waals surface area (Å²) in [4.78, 5) is 11.4. The largest absolute Gasteiger partial charge is 0.385 e. The Morgan fingerprint density at radius 1 is 1.42 bits per heavy atom. The van der Waals surface area contributed by atoms with Gasteiger partial charge in [0.15, 0.2) is 5.82 Å². The number of aliphatic hydroxyl groups is 1. The third kappa shape index (κ3) is 2.54. The molecule has 0 fully saturated rings. The molecule has 4 nitrogen and oxygen atoms in total. The highest BCUT2D eigenvalue weighted by Gasteiger charge is 2.08. The molecular formula is C8H13N3O. The highest BCUT2D eigenvalue weighted by Crippen LogP contribution is 2.13. The van der Waals surface area contributed by atoms with E-state index < -0.39 is 6.10 Å². The Hall–Kier alpha value is -1.03. The second kappa shape index (κ2) is 4.77. The number of aromatic nitrogens is 3. The summed E-state index contributed by atoms with van der Waals surface area (Å²) < 4.78 is 0. The van der Waals surface area contributed by atoms with Crippen molar-refractivity contribution in [3.63, 3.8) is 0 Å². The van der Waals surface area contributed by atoms with Crippen molar-refractivity contribution in [3.8, 4) is 0 Å². The van der Waals surface area contributed by atoms with E-state index in [9.17, 15) is 5.11 Å². The molecule has 0 saturated heterocycles. The van der Waals surface area contributed by atoms with Crippen molar-refractivity contribution in [2.75, 3.05) is 0 Å². The predicted molar refractivity (Wildman–Crippen MR) is 44.3 cm³/mol. The average Bonchev–Trinajstić information content (AvgIpc) is 2.15. The quantitative estimate of drug-likeness (QED) is 0.729. The van der Waals surface area contributed by atoms with E-state index >= 15 is 0 Å². The molecule has 0 radical (unpaired) electrons. The van der Waals surface area contributed by atoms with Crippen molar-refractivity contribution in [1.29, 1.82) is 0 Å². The van der Waals surface area contributed by atoms with Gasteiger partial charge in [0, 0.05) is 0 Å². The zero-order valence-corrected chi connectivity index (χ0v) is 7.14. The van der Waals surface area contributed by atoms with Crippen LogP contribution < -0.4 is 0 Å². The van der Waals surface area contributed by atoms with Gasteiger partial charge in [0.05, 0.1) is 0 Å². The lowest BCUT2D eigenvalue weighted by Gasteiger charge is -2.06. The Balaban J connectivity index is 2.48. The minimum Gasteiger partial charge on any atom is -0.385 e.